The molecule has 0 bridgehead atoms. The second-order valence-corrected chi connectivity index (χ2v) is 4.71. The molecule has 7 heteroatoms. The number of rotatable bonds is 2. The molecule has 0 atom stereocenters. The average Bonchev–Trinajstić information content (AvgIpc) is 2.49. The van der Waals surface area contributed by atoms with E-state index in [9.17, 15) is 13.2 Å². The van der Waals surface area contributed by atoms with Gasteiger partial charge in [-0.3, -0.25) is 0 Å². The molecule has 3 nitrogen and oxygen atoms in total. The molecule has 0 radical (unpaired) electrons. The zero-order valence-corrected chi connectivity index (χ0v) is 8.87. The van der Waals surface area contributed by atoms with Gasteiger partial charge in [-0.25, -0.2) is 0 Å². The molecule has 0 aromatic carbocycles. The van der Waals surface area contributed by atoms with Gasteiger partial charge >= 0.3 is 6.18 Å². The second-order valence-electron chi connectivity index (χ2n) is 3.96. The Labute approximate surface area is 88.9 Å². The van der Waals surface area contributed by atoms with Crippen LogP contribution >= 0.6 is 11.5 Å². The summed E-state index contributed by atoms with van der Waals surface area (Å²) in [5, 5.41) is 3.25. The van der Waals surface area contributed by atoms with Crippen LogP contribution in [0.2, 0.25) is 0 Å². The molecule has 1 aliphatic carbocycles. The second kappa shape index (κ2) is 3.33. The van der Waals surface area contributed by atoms with Crippen molar-refractivity contribution in [3.63, 3.8) is 0 Å². The van der Waals surface area contributed by atoms with Crippen molar-refractivity contribution < 1.29 is 13.2 Å². The van der Waals surface area contributed by atoms with Crippen LogP contribution in [0.3, 0.4) is 0 Å². The summed E-state index contributed by atoms with van der Waals surface area (Å²) in [6, 6.07) is 0. The topological polar surface area (TPSA) is 37.8 Å². The molecule has 1 aromatic rings. The molecule has 0 unspecified atom stereocenters. The predicted molar refractivity (Wildman–Crippen MR) is 50.8 cm³/mol. The minimum Gasteiger partial charge on any atom is -0.355 e. The molecule has 15 heavy (non-hydrogen) atoms. The minimum absolute atomic E-state index is 0.0948. The Hall–Kier alpha value is -0.850. The van der Waals surface area contributed by atoms with Crippen LogP contribution in [0.1, 0.15) is 32.0 Å². The molecular formula is C8H10F3N3S. The van der Waals surface area contributed by atoms with Crippen LogP contribution in [-0.4, -0.2) is 14.9 Å². The summed E-state index contributed by atoms with van der Waals surface area (Å²) < 4.78 is 39.8. The zero-order chi connectivity index (χ0) is 11.1. The van der Waals surface area contributed by atoms with Gasteiger partial charge < -0.3 is 5.32 Å². The van der Waals surface area contributed by atoms with Gasteiger partial charge in [0.2, 0.25) is 11.0 Å². The largest absolute Gasteiger partial charge is 0.452 e. The minimum atomic E-state index is -4.45. The molecule has 1 aliphatic rings. The van der Waals surface area contributed by atoms with Crippen LogP contribution < -0.4 is 5.32 Å². The van der Waals surface area contributed by atoms with Gasteiger partial charge in [0.05, 0.1) is 0 Å². The first-order chi connectivity index (χ1) is 6.89. The fourth-order valence-corrected chi connectivity index (χ4v) is 2.22. The maximum absolute atomic E-state index is 12.2. The third kappa shape index (κ3) is 2.22. The Morgan fingerprint density at radius 3 is 2.47 bits per heavy atom. The number of hydrogen-bond acceptors (Lipinski definition) is 4. The molecule has 1 aromatic heterocycles. The third-order valence-electron chi connectivity index (χ3n) is 2.55. The first-order valence-electron chi connectivity index (χ1n) is 4.58. The van der Waals surface area contributed by atoms with Crippen molar-refractivity contribution in [1.82, 2.24) is 9.36 Å². The highest BCUT2D eigenvalue weighted by Crippen LogP contribution is 2.36. The Kier molecular flexibility index (Phi) is 2.37. The molecule has 1 saturated carbocycles. The molecular weight excluding hydrogens is 227 g/mol. The Morgan fingerprint density at radius 2 is 2.07 bits per heavy atom. The van der Waals surface area contributed by atoms with Gasteiger partial charge in [0.15, 0.2) is 0 Å². The summed E-state index contributed by atoms with van der Waals surface area (Å²) in [4.78, 5) is 3.42. The van der Waals surface area contributed by atoms with E-state index < -0.39 is 12.0 Å². The summed E-state index contributed by atoms with van der Waals surface area (Å²) in [5.74, 6) is -1.06. The van der Waals surface area contributed by atoms with E-state index in [1.54, 1.807) is 0 Å². The van der Waals surface area contributed by atoms with Gasteiger partial charge in [0.1, 0.15) is 0 Å². The Bertz CT molecular complexity index is 356. The van der Waals surface area contributed by atoms with Crippen molar-refractivity contribution in [2.75, 3.05) is 5.32 Å². The van der Waals surface area contributed by atoms with Gasteiger partial charge in [0.25, 0.3) is 0 Å². The Morgan fingerprint density at radius 1 is 1.40 bits per heavy atom. The van der Waals surface area contributed by atoms with Gasteiger partial charge in [-0.05, 0) is 26.2 Å². The molecule has 1 fully saturated rings. The fraction of sp³-hybridized carbons (Fsp3) is 0.750. The van der Waals surface area contributed by atoms with E-state index in [1.165, 1.54) is 0 Å². The van der Waals surface area contributed by atoms with E-state index in [1.807, 2.05) is 6.92 Å². The van der Waals surface area contributed by atoms with Crippen molar-refractivity contribution in [2.45, 2.75) is 37.9 Å². The molecule has 0 spiro atoms. The van der Waals surface area contributed by atoms with Crippen molar-refractivity contribution in [2.24, 2.45) is 0 Å². The number of alkyl halides is 3. The maximum Gasteiger partial charge on any atom is 0.452 e. The van der Waals surface area contributed by atoms with Gasteiger partial charge in [-0.1, -0.05) is 0 Å². The Balaban J connectivity index is 2.07. The molecule has 84 valence electrons. The lowest BCUT2D eigenvalue weighted by Crippen LogP contribution is -2.41. The lowest BCUT2D eigenvalue weighted by atomic mass is 9.79. The number of hydrogen-bond donors (Lipinski definition) is 1. The van der Waals surface area contributed by atoms with Gasteiger partial charge in [-0.2, -0.15) is 22.5 Å². The molecule has 2 rings (SSSR count). The van der Waals surface area contributed by atoms with E-state index >= 15 is 0 Å². The summed E-state index contributed by atoms with van der Waals surface area (Å²) in [6.45, 7) is 1.98. The summed E-state index contributed by atoms with van der Waals surface area (Å²) in [7, 11) is 0. The molecule has 0 saturated heterocycles. The third-order valence-corrected chi connectivity index (χ3v) is 3.18. The SMILES string of the molecule is CC1(Nc2nc(C(F)(F)F)ns2)CCC1. The first-order valence-corrected chi connectivity index (χ1v) is 5.35. The quantitative estimate of drug-likeness (QED) is 0.859. The first kappa shape index (κ1) is 10.7. The smallest absolute Gasteiger partial charge is 0.355 e. The van der Waals surface area contributed by atoms with Gasteiger partial charge in [-0.15, -0.1) is 0 Å². The predicted octanol–water partition coefficient (Wildman–Crippen LogP) is 2.91. The van der Waals surface area contributed by atoms with E-state index in [4.69, 9.17) is 0 Å². The number of aromatic nitrogens is 2. The highest BCUT2D eigenvalue weighted by molar-refractivity contribution is 7.09. The van der Waals surface area contributed by atoms with E-state index in [0.717, 1.165) is 30.8 Å². The summed E-state index contributed by atoms with van der Waals surface area (Å²) in [6.07, 6.45) is -1.41. The van der Waals surface area contributed by atoms with Crippen LogP contribution in [0.15, 0.2) is 0 Å². The number of halogens is 3. The van der Waals surface area contributed by atoms with E-state index in [0.29, 0.717) is 0 Å². The number of nitrogens with one attached hydrogen (secondary N) is 1. The van der Waals surface area contributed by atoms with Crippen LogP contribution in [0.25, 0.3) is 0 Å². The van der Waals surface area contributed by atoms with Crippen molar-refractivity contribution in [3.05, 3.63) is 5.82 Å². The van der Waals surface area contributed by atoms with Crippen LogP contribution in [0.5, 0.6) is 0 Å². The van der Waals surface area contributed by atoms with Crippen molar-refractivity contribution in [3.8, 4) is 0 Å². The number of anilines is 1. The van der Waals surface area contributed by atoms with Crippen LogP contribution in [-0.2, 0) is 6.18 Å². The van der Waals surface area contributed by atoms with Crippen molar-refractivity contribution in [1.29, 1.82) is 0 Å². The highest BCUT2D eigenvalue weighted by Gasteiger charge is 2.37. The molecule has 0 amide bonds. The van der Waals surface area contributed by atoms with Crippen molar-refractivity contribution >= 4 is 16.7 Å². The highest BCUT2D eigenvalue weighted by atomic mass is 32.1. The van der Waals surface area contributed by atoms with E-state index in [-0.39, 0.29) is 10.7 Å². The fourth-order valence-electron chi connectivity index (χ4n) is 1.48. The molecule has 0 aliphatic heterocycles. The standard InChI is InChI=1S/C8H10F3N3S/c1-7(3-2-4-7)13-6-12-5(14-15-6)8(9,10)11/h2-4H2,1H3,(H,12,13,14). The molecule has 1 N–H and O–H groups in total. The lowest BCUT2D eigenvalue weighted by molar-refractivity contribution is -0.144. The monoisotopic (exact) mass is 237 g/mol. The van der Waals surface area contributed by atoms with Gasteiger partial charge in [0, 0.05) is 17.1 Å². The van der Waals surface area contributed by atoms with E-state index in [2.05, 4.69) is 14.7 Å². The number of nitrogens with zero attached hydrogens (tertiary/aromatic N) is 2. The lowest BCUT2D eigenvalue weighted by Gasteiger charge is -2.38. The maximum atomic E-state index is 12.2. The zero-order valence-electron chi connectivity index (χ0n) is 8.06. The summed E-state index contributed by atoms with van der Waals surface area (Å²) in [5.41, 5.74) is -0.0948. The normalized spacial score (nSPS) is 19.7. The average molecular weight is 237 g/mol. The summed E-state index contributed by atoms with van der Waals surface area (Å²) >= 11 is 0.760. The van der Waals surface area contributed by atoms with Crippen LogP contribution in [0.4, 0.5) is 18.3 Å². The molecule has 1 heterocycles. The van der Waals surface area contributed by atoms with Crippen LogP contribution in [0, 0.1) is 0 Å².